The van der Waals surface area contributed by atoms with Crippen molar-refractivity contribution in [2.75, 3.05) is 14.2 Å². The minimum atomic E-state index is -1.38. The fraction of sp³-hybridized carbons (Fsp3) is 0.105. The second kappa shape index (κ2) is 8.12. The lowest BCUT2D eigenvalue weighted by atomic mass is 9.95. The molecule has 0 aliphatic rings. The van der Waals surface area contributed by atoms with Crippen molar-refractivity contribution in [3.05, 3.63) is 69.8 Å². The molecule has 2 aromatic carbocycles. The van der Waals surface area contributed by atoms with Gasteiger partial charge in [-0.2, -0.15) is 0 Å². The summed E-state index contributed by atoms with van der Waals surface area (Å²) in [5.41, 5.74) is -1.44. The Hall–Kier alpha value is -4.01. The molecular formula is C19H14O9. The van der Waals surface area contributed by atoms with E-state index in [0.717, 1.165) is 38.5 Å². The molecule has 0 unspecified atom stereocenters. The maximum absolute atomic E-state index is 12.7. The van der Waals surface area contributed by atoms with Crippen LogP contribution in [-0.4, -0.2) is 54.1 Å². The van der Waals surface area contributed by atoms with Crippen LogP contribution in [0.15, 0.2) is 36.4 Å². The van der Waals surface area contributed by atoms with Crippen LogP contribution in [0.2, 0.25) is 0 Å². The Kier molecular flexibility index (Phi) is 5.89. The van der Waals surface area contributed by atoms with Crippen molar-refractivity contribution in [1.29, 1.82) is 0 Å². The lowest BCUT2D eigenvalue weighted by Crippen LogP contribution is -2.14. The Morgan fingerprint density at radius 3 is 1.29 bits per heavy atom. The summed E-state index contributed by atoms with van der Waals surface area (Å²) in [5.74, 6) is -5.30. The number of methoxy groups -OCH3 is 2. The molecule has 0 spiro atoms. The van der Waals surface area contributed by atoms with Crippen LogP contribution in [0.5, 0.6) is 0 Å². The molecule has 0 saturated heterocycles. The molecule has 9 heteroatoms. The van der Waals surface area contributed by atoms with Gasteiger partial charge in [0.05, 0.1) is 36.5 Å². The molecule has 0 aromatic heterocycles. The largest absolute Gasteiger partial charge is 0.478 e. The highest BCUT2D eigenvalue weighted by Crippen LogP contribution is 2.20. The zero-order valence-corrected chi connectivity index (χ0v) is 14.7. The molecule has 9 nitrogen and oxygen atoms in total. The summed E-state index contributed by atoms with van der Waals surface area (Å²) in [6, 6.07) is 6.66. The summed E-state index contributed by atoms with van der Waals surface area (Å²) < 4.78 is 9.07. The van der Waals surface area contributed by atoms with E-state index in [9.17, 15) is 24.0 Å². The van der Waals surface area contributed by atoms with Crippen molar-refractivity contribution in [3.8, 4) is 0 Å². The predicted octanol–water partition coefficient (Wildman–Crippen LogP) is 1.89. The molecular weight excluding hydrogens is 372 g/mol. The lowest BCUT2D eigenvalue weighted by molar-refractivity contribution is 0.0580. The van der Waals surface area contributed by atoms with Gasteiger partial charge in [0.1, 0.15) is 0 Å². The van der Waals surface area contributed by atoms with Crippen molar-refractivity contribution in [1.82, 2.24) is 0 Å². The van der Waals surface area contributed by atoms with Gasteiger partial charge in [-0.25, -0.2) is 19.2 Å². The number of carboxylic acids is 2. The molecule has 0 atom stereocenters. The van der Waals surface area contributed by atoms with Crippen LogP contribution in [0.1, 0.15) is 57.4 Å². The van der Waals surface area contributed by atoms with Gasteiger partial charge in [0.2, 0.25) is 0 Å². The molecule has 2 rings (SSSR count). The number of ether oxygens (including phenoxy) is 2. The highest BCUT2D eigenvalue weighted by atomic mass is 16.5. The number of benzene rings is 2. The van der Waals surface area contributed by atoms with Gasteiger partial charge in [0, 0.05) is 11.1 Å². The van der Waals surface area contributed by atoms with Crippen molar-refractivity contribution >= 4 is 29.7 Å². The monoisotopic (exact) mass is 386 g/mol. The number of carbonyl (C=O) groups is 5. The standard InChI is InChI=1S/C19H14O9/c1-27-18(25)13-7-9(3-5-11(13)16(21)22)15(20)10-4-6-12(17(23)24)14(8-10)19(26)28-2/h3-8H,1-2H3,(H,21,22)(H,23,24). The van der Waals surface area contributed by atoms with E-state index in [1.165, 1.54) is 12.1 Å². The number of rotatable bonds is 6. The molecule has 0 fully saturated rings. The van der Waals surface area contributed by atoms with Gasteiger partial charge < -0.3 is 19.7 Å². The number of esters is 2. The summed E-state index contributed by atoms with van der Waals surface area (Å²) in [4.78, 5) is 58.9. The number of hydrogen-bond acceptors (Lipinski definition) is 7. The summed E-state index contributed by atoms with van der Waals surface area (Å²) in [5, 5.41) is 18.3. The van der Waals surface area contributed by atoms with Crippen LogP contribution in [-0.2, 0) is 9.47 Å². The highest BCUT2D eigenvalue weighted by Gasteiger charge is 2.23. The number of carbonyl (C=O) groups excluding carboxylic acids is 3. The van der Waals surface area contributed by atoms with E-state index in [1.54, 1.807) is 0 Å². The topological polar surface area (TPSA) is 144 Å². The smallest absolute Gasteiger partial charge is 0.338 e. The van der Waals surface area contributed by atoms with Crippen LogP contribution < -0.4 is 0 Å². The number of aromatic carboxylic acids is 2. The Balaban J connectivity index is 2.57. The predicted molar refractivity (Wildman–Crippen MR) is 92.9 cm³/mol. The van der Waals surface area contributed by atoms with E-state index >= 15 is 0 Å². The fourth-order valence-electron chi connectivity index (χ4n) is 2.47. The maximum Gasteiger partial charge on any atom is 0.338 e. The maximum atomic E-state index is 12.7. The number of hydrogen-bond donors (Lipinski definition) is 2. The van der Waals surface area contributed by atoms with E-state index in [-0.39, 0.29) is 33.4 Å². The van der Waals surface area contributed by atoms with Gasteiger partial charge in [-0.05, 0) is 24.3 Å². The van der Waals surface area contributed by atoms with Gasteiger partial charge in [-0.1, -0.05) is 12.1 Å². The molecule has 144 valence electrons. The molecule has 0 radical (unpaired) electrons. The Labute approximate surface area is 158 Å². The van der Waals surface area contributed by atoms with Crippen LogP contribution in [0, 0.1) is 0 Å². The average Bonchev–Trinajstić information content (AvgIpc) is 2.70. The van der Waals surface area contributed by atoms with Gasteiger partial charge >= 0.3 is 23.9 Å². The molecule has 0 bridgehead atoms. The number of carboxylic acid groups (broad SMARTS) is 2. The molecule has 0 aliphatic carbocycles. The molecule has 2 aromatic rings. The third-order valence-corrected chi connectivity index (χ3v) is 3.83. The average molecular weight is 386 g/mol. The Bertz CT molecular complexity index is 925. The van der Waals surface area contributed by atoms with Crippen molar-refractivity contribution in [2.45, 2.75) is 0 Å². The van der Waals surface area contributed by atoms with Gasteiger partial charge in [-0.3, -0.25) is 4.79 Å². The van der Waals surface area contributed by atoms with Crippen LogP contribution in [0.4, 0.5) is 0 Å². The molecule has 0 aliphatic heterocycles. The van der Waals surface area contributed by atoms with Gasteiger partial charge in [0.25, 0.3) is 0 Å². The van der Waals surface area contributed by atoms with Gasteiger partial charge in [0.15, 0.2) is 5.78 Å². The van der Waals surface area contributed by atoms with Gasteiger partial charge in [-0.15, -0.1) is 0 Å². The zero-order chi connectivity index (χ0) is 21.0. The second-order valence-corrected chi connectivity index (χ2v) is 5.44. The van der Waals surface area contributed by atoms with Crippen LogP contribution in [0.3, 0.4) is 0 Å². The highest BCUT2D eigenvalue weighted by molar-refractivity contribution is 6.13. The summed E-state index contributed by atoms with van der Waals surface area (Å²) >= 11 is 0. The van der Waals surface area contributed by atoms with E-state index in [1.807, 2.05) is 0 Å². The van der Waals surface area contributed by atoms with E-state index < -0.39 is 29.7 Å². The van der Waals surface area contributed by atoms with Crippen LogP contribution >= 0.6 is 0 Å². The minimum absolute atomic E-state index is 0.0516. The summed E-state index contributed by atoms with van der Waals surface area (Å²) in [6.45, 7) is 0. The van der Waals surface area contributed by atoms with E-state index in [2.05, 4.69) is 9.47 Å². The first-order chi connectivity index (χ1) is 13.2. The molecule has 0 heterocycles. The first-order valence-corrected chi connectivity index (χ1v) is 7.67. The normalized spacial score (nSPS) is 10.1. The third kappa shape index (κ3) is 3.88. The summed E-state index contributed by atoms with van der Waals surface area (Å²) in [6.07, 6.45) is 0. The van der Waals surface area contributed by atoms with Crippen molar-refractivity contribution < 1.29 is 43.7 Å². The van der Waals surface area contributed by atoms with Crippen molar-refractivity contribution in [2.24, 2.45) is 0 Å². The second-order valence-electron chi connectivity index (χ2n) is 5.44. The minimum Gasteiger partial charge on any atom is -0.478 e. The molecule has 0 saturated carbocycles. The zero-order valence-electron chi connectivity index (χ0n) is 14.7. The Morgan fingerprint density at radius 1 is 0.643 bits per heavy atom. The van der Waals surface area contributed by atoms with E-state index in [4.69, 9.17) is 10.2 Å². The fourth-order valence-corrected chi connectivity index (χ4v) is 2.47. The SMILES string of the molecule is COC(=O)c1cc(C(=O)c2ccc(C(=O)O)c(C(=O)OC)c2)ccc1C(=O)O. The first kappa shape index (κ1) is 20.3. The molecule has 0 amide bonds. The first-order valence-electron chi connectivity index (χ1n) is 7.67. The van der Waals surface area contributed by atoms with E-state index in [0.29, 0.717) is 0 Å². The summed E-state index contributed by atoms with van der Waals surface area (Å²) in [7, 11) is 2.13. The molecule has 28 heavy (non-hydrogen) atoms. The number of ketones is 1. The molecule has 2 N–H and O–H groups in total. The van der Waals surface area contributed by atoms with Crippen molar-refractivity contribution in [3.63, 3.8) is 0 Å². The van der Waals surface area contributed by atoms with Crippen LogP contribution in [0.25, 0.3) is 0 Å². The third-order valence-electron chi connectivity index (χ3n) is 3.83. The quantitative estimate of drug-likeness (QED) is 0.561. The Morgan fingerprint density at radius 2 is 1.00 bits per heavy atom. The lowest BCUT2D eigenvalue weighted by Gasteiger charge is -2.09.